The van der Waals surface area contributed by atoms with Crippen LogP contribution in [0.2, 0.25) is 0 Å². The van der Waals surface area contributed by atoms with E-state index in [1.165, 1.54) is 26.4 Å². The van der Waals surface area contributed by atoms with Crippen molar-refractivity contribution in [2.75, 3.05) is 23.4 Å². The molecular weight excluding hydrogens is 761 g/mol. The highest BCUT2D eigenvalue weighted by Gasteiger charge is 2.25. The number of pyridine rings is 1. The highest BCUT2D eigenvalue weighted by molar-refractivity contribution is 6.26. The lowest BCUT2D eigenvalue weighted by atomic mass is 10.0. The van der Waals surface area contributed by atoms with Gasteiger partial charge in [-0.3, -0.25) is 4.40 Å². The zero-order valence-corrected chi connectivity index (χ0v) is 33.2. The maximum atomic E-state index is 8.23. The van der Waals surface area contributed by atoms with E-state index in [9.17, 15) is 0 Å². The summed E-state index contributed by atoms with van der Waals surface area (Å²) in [4.78, 5) is 8.71. The Morgan fingerprint density at radius 2 is 1.05 bits per heavy atom. The second-order valence-corrected chi connectivity index (χ2v) is 16.3. The Morgan fingerprint density at radius 3 is 1.84 bits per heavy atom. The first-order valence-corrected chi connectivity index (χ1v) is 20.9. The van der Waals surface area contributed by atoms with Crippen LogP contribution >= 0.6 is 0 Å². The highest BCUT2D eigenvalue weighted by atomic mass is 16.5. The molecule has 7 nitrogen and oxygen atoms in total. The number of nitrogens with zero attached hydrogens (tertiary/aromatic N) is 6. The number of para-hydroxylation sites is 6. The quantitative estimate of drug-likeness (QED) is 0.178. The Morgan fingerprint density at radius 1 is 0.452 bits per heavy atom. The van der Waals surface area contributed by atoms with Gasteiger partial charge in [-0.15, -0.1) is 0 Å². The Kier molecular flexibility index (Phi) is 6.13. The molecule has 0 spiro atoms. The summed E-state index contributed by atoms with van der Waals surface area (Å²) in [6.07, 6.45) is 1.88. The maximum absolute atomic E-state index is 8.23. The minimum atomic E-state index is -2.28. The number of rotatable bonds is 4. The van der Waals surface area contributed by atoms with Crippen LogP contribution in [0, 0.1) is 0 Å². The SMILES string of the molecule is [2H]C([2H])([2H])N1CN(c2cccc(Oc3ccc4c5cc(-n6c7ccccc7c7ccccc76)cc6c7cccc8c9ccccc9n(c9cccnc9n(c4c3)c56)c87)c2)c2ccccc21. The third-order valence-corrected chi connectivity index (χ3v) is 13.0. The summed E-state index contributed by atoms with van der Waals surface area (Å²) < 4.78 is 38.6. The van der Waals surface area contributed by atoms with Crippen LogP contribution < -0.4 is 14.5 Å². The Balaban J connectivity index is 1.05. The zero-order valence-electron chi connectivity index (χ0n) is 36.2. The molecule has 0 atom stereocenters. The summed E-state index contributed by atoms with van der Waals surface area (Å²) in [5.41, 5.74) is 11.8. The number of hydrogen-bond acceptors (Lipinski definition) is 4. The van der Waals surface area contributed by atoms with Gasteiger partial charge < -0.3 is 23.5 Å². The smallest absolute Gasteiger partial charge is 0.162 e. The summed E-state index contributed by atoms with van der Waals surface area (Å²) in [7, 11) is 0. The number of anilines is 3. The van der Waals surface area contributed by atoms with Crippen LogP contribution in [0.5, 0.6) is 11.5 Å². The van der Waals surface area contributed by atoms with E-state index in [1.54, 1.807) is 0 Å². The fourth-order valence-corrected chi connectivity index (χ4v) is 10.4. The molecule has 1 aliphatic rings. The molecule has 0 saturated heterocycles. The summed E-state index contributed by atoms with van der Waals surface area (Å²) in [5.74, 6) is 1.30. The van der Waals surface area contributed by atoms with E-state index in [4.69, 9.17) is 13.8 Å². The predicted molar refractivity (Wildman–Crippen MR) is 256 cm³/mol. The van der Waals surface area contributed by atoms with Crippen molar-refractivity contribution in [2.45, 2.75) is 0 Å². The van der Waals surface area contributed by atoms with Crippen molar-refractivity contribution >= 4 is 104 Å². The van der Waals surface area contributed by atoms with Crippen molar-refractivity contribution < 1.29 is 8.85 Å². The van der Waals surface area contributed by atoms with Gasteiger partial charge in [-0.2, -0.15) is 0 Å². The van der Waals surface area contributed by atoms with E-state index in [0.29, 0.717) is 17.2 Å². The van der Waals surface area contributed by atoms with Crippen molar-refractivity contribution in [3.05, 3.63) is 188 Å². The molecular formula is C55H36N6O. The van der Waals surface area contributed by atoms with E-state index in [-0.39, 0.29) is 6.67 Å². The van der Waals surface area contributed by atoms with Crippen molar-refractivity contribution in [1.29, 1.82) is 0 Å². The summed E-state index contributed by atoms with van der Waals surface area (Å²) in [6, 6.07) is 63.5. The lowest BCUT2D eigenvalue weighted by Crippen LogP contribution is -2.23. The van der Waals surface area contributed by atoms with Crippen molar-refractivity contribution in [3.8, 4) is 17.2 Å². The van der Waals surface area contributed by atoms with Crippen LogP contribution in [0.1, 0.15) is 4.11 Å². The van der Waals surface area contributed by atoms with Crippen LogP contribution in [-0.2, 0) is 0 Å². The van der Waals surface area contributed by atoms with E-state index in [1.807, 2.05) is 71.8 Å². The predicted octanol–water partition coefficient (Wildman–Crippen LogP) is 13.8. The van der Waals surface area contributed by atoms with Gasteiger partial charge in [0.2, 0.25) is 0 Å². The standard InChI is InChI=1S/C55H36N6O/c1-57-33-58(50-24-9-8-23-49(50)57)34-13-10-14-36(29-34)62-37-26-27-41-44-30-35(59-46-20-5-2-15-38(46)39-16-3-6-21-47(39)59)31-45-43-19-11-18-42-40-17-4-7-22-48(40)60(53(42)43)51-25-12-28-56-55(51)61(54(44)45)52(41)32-37/h2-32H,33H2,1H3/i1D3. The minimum Gasteiger partial charge on any atom is -0.457 e. The molecule has 0 N–H and O–H groups in total. The molecule has 292 valence electrons. The molecule has 0 fully saturated rings. The third-order valence-electron chi connectivity index (χ3n) is 13.0. The van der Waals surface area contributed by atoms with Crippen LogP contribution in [0.3, 0.4) is 0 Å². The van der Waals surface area contributed by atoms with Gasteiger partial charge in [-0.25, -0.2) is 4.98 Å². The van der Waals surface area contributed by atoms with Crippen molar-refractivity contribution in [2.24, 2.45) is 0 Å². The van der Waals surface area contributed by atoms with Gasteiger partial charge in [0.25, 0.3) is 0 Å². The van der Waals surface area contributed by atoms with E-state index in [2.05, 4.69) is 135 Å². The van der Waals surface area contributed by atoms with Gasteiger partial charge in [0.15, 0.2) is 5.65 Å². The molecule has 14 rings (SSSR count). The number of aromatic nitrogens is 4. The summed E-state index contributed by atoms with van der Waals surface area (Å²) in [5, 5.41) is 9.22. The first kappa shape index (κ1) is 30.7. The van der Waals surface area contributed by atoms with Crippen LogP contribution in [0.4, 0.5) is 17.1 Å². The van der Waals surface area contributed by atoms with Gasteiger partial charge >= 0.3 is 0 Å². The number of hydrogen-bond donors (Lipinski definition) is 0. The molecule has 6 heterocycles. The van der Waals surface area contributed by atoms with Crippen LogP contribution in [0.25, 0.3) is 93.0 Å². The number of fused-ring (bicyclic) bond motifs is 14. The molecule has 0 aliphatic carbocycles. The van der Waals surface area contributed by atoms with Crippen molar-refractivity contribution in [3.63, 3.8) is 0 Å². The van der Waals surface area contributed by atoms with Crippen molar-refractivity contribution in [1.82, 2.24) is 18.4 Å². The second kappa shape index (κ2) is 12.4. The average molecular weight is 800 g/mol. The van der Waals surface area contributed by atoms with Crippen LogP contribution in [0.15, 0.2) is 188 Å². The average Bonchev–Trinajstić information content (AvgIpc) is 4.08. The molecule has 7 heteroatoms. The van der Waals surface area contributed by atoms with Crippen LogP contribution in [-0.4, -0.2) is 32.0 Å². The zero-order chi connectivity index (χ0) is 43.1. The first-order valence-electron chi connectivity index (χ1n) is 22.4. The van der Waals surface area contributed by atoms with Gasteiger partial charge in [0.05, 0.1) is 56.7 Å². The molecule has 5 aromatic heterocycles. The Bertz CT molecular complexity index is 4110. The van der Waals surface area contributed by atoms with Gasteiger partial charge in [0.1, 0.15) is 11.5 Å². The summed E-state index contributed by atoms with van der Waals surface area (Å²) >= 11 is 0. The molecule has 0 radical (unpaired) electrons. The van der Waals surface area contributed by atoms with E-state index < -0.39 is 6.98 Å². The Hall–Kier alpha value is -8.29. The highest BCUT2D eigenvalue weighted by Crippen LogP contribution is 2.45. The number of benzene rings is 8. The molecule has 0 unspecified atom stereocenters. The molecule has 13 aromatic rings. The topological polar surface area (TPSA) is 42.3 Å². The second-order valence-electron chi connectivity index (χ2n) is 16.3. The van der Waals surface area contributed by atoms with Gasteiger partial charge in [-0.1, -0.05) is 91.0 Å². The molecule has 0 amide bonds. The molecule has 62 heavy (non-hydrogen) atoms. The fourth-order valence-electron chi connectivity index (χ4n) is 10.4. The minimum absolute atomic E-state index is 0.197. The van der Waals surface area contributed by atoms with E-state index >= 15 is 0 Å². The van der Waals surface area contributed by atoms with Gasteiger partial charge in [0, 0.05) is 83.9 Å². The normalized spacial score (nSPS) is 14.0. The summed E-state index contributed by atoms with van der Waals surface area (Å²) in [6.45, 7) is -2.09. The molecule has 0 saturated carbocycles. The molecule has 0 bridgehead atoms. The number of ether oxygens (including phenoxy) is 1. The first-order chi connectivity index (χ1) is 31.9. The lowest BCUT2D eigenvalue weighted by Gasteiger charge is -2.20. The monoisotopic (exact) mass is 799 g/mol. The third kappa shape index (κ3) is 4.51. The molecule has 1 aliphatic heterocycles. The lowest BCUT2D eigenvalue weighted by molar-refractivity contribution is 0.483. The largest absolute Gasteiger partial charge is 0.457 e. The maximum Gasteiger partial charge on any atom is 0.162 e. The molecule has 8 aromatic carbocycles. The Labute approximate surface area is 359 Å². The fraction of sp³-hybridized carbons (Fsp3) is 0.0364. The van der Waals surface area contributed by atoms with E-state index in [0.717, 1.165) is 82.9 Å². The van der Waals surface area contributed by atoms with Gasteiger partial charge in [-0.05, 0) is 78.9 Å².